The summed E-state index contributed by atoms with van der Waals surface area (Å²) in [5.74, 6) is -2.46. The second-order valence-corrected chi connectivity index (χ2v) is 21.4. The number of sulfonamides is 2. The maximum atomic E-state index is 13.2. The van der Waals surface area contributed by atoms with Crippen molar-refractivity contribution in [2.75, 3.05) is 47.0 Å². The smallest absolute Gasteiger partial charge is 0.344 e. The van der Waals surface area contributed by atoms with Gasteiger partial charge >= 0.3 is 11.9 Å². The van der Waals surface area contributed by atoms with Crippen LogP contribution in [0.4, 0.5) is 11.4 Å². The zero-order valence-corrected chi connectivity index (χ0v) is 43.3. The number of para-hydroxylation sites is 2. The van der Waals surface area contributed by atoms with Crippen LogP contribution in [0.3, 0.4) is 0 Å². The van der Waals surface area contributed by atoms with Crippen molar-refractivity contribution in [1.29, 1.82) is 0 Å². The monoisotopic (exact) mass is 1160 g/mol. The van der Waals surface area contributed by atoms with E-state index in [-0.39, 0.29) is 140 Å². The van der Waals surface area contributed by atoms with Gasteiger partial charge in [0.2, 0.25) is 20.0 Å². The molecule has 22 nitrogen and oxygen atoms in total. The highest BCUT2D eigenvalue weighted by Gasteiger charge is 2.57. The number of methoxy groups -OCH3 is 2. The Balaban J connectivity index is 0.000000261. The van der Waals surface area contributed by atoms with Crippen LogP contribution in [0.1, 0.15) is 39.2 Å². The minimum Gasteiger partial charge on any atom is -0.477 e. The number of nitrogens with one attached hydrogen (secondary N) is 2. The van der Waals surface area contributed by atoms with E-state index in [0.29, 0.717) is 0 Å². The summed E-state index contributed by atoms with van der Waals surface area (Å²) in [7, 11) is -5.56. The van der Waals surface area contributed by atoms with Crippen molar-refractivity contribution < 1.29 is 76.1 Å². The molecule has 0 aliphatic carbocycles. The van der Waals surface area contributed by atoms with Gasteiger partial charge in [0.15, 0.2) is 32.5 Å². The lowest BCUT2D eigenvalue weighted by Gasteiger charge is -2.46. The van der Waals surface area contributed by atoms with Gasteiger partial charge in [-0.3, -0.25) is 0 Å². The Morgan fingerprint density at radius 2 is 1.00 bits per heavy atom. The van der Waals surface area contributed by atoms with E-state index in [4.69, 9.17) is 92.9 Å². The fraction of sp³-hybridized carbons (Fsp3) is 0.238. The lowest BCUT2D eigenvalue weighted by Crippen LogP contribution is -2.63. The van der Waals surface area contributed by atoms with Crippen LogP contribution in [0.2, 0.25) is 30.1 Å². The van der Waals surface area contributed by atoms with Crippen molar-refractivity contribution in [3.05, 3.63) is 135 Å². The molecular formula is C42H38Cl6N6O16S2+2. The average Bonchev–Trinajstić information content (AvgIpc) is 3.92. The van der Waals surface area contributed by atoms with Crippen LogP contribution in [-0.4, -0.2) is 111 Å². The number of hydrogen-bond donors (Lipinski definition) is 3. The number of carbonyl (C=O) groups is 2. The highest BCUT2D eigenvalue weighted by molar-refractivity contribution is 7.89. The lowest BCUT2D eigenvalue weighted by molar-refractivity contribution is -0.383. The predicted octanol–water partition coefficient (Wildman–Crippen LogP) is 4.88. The highest BCUT2D eigenvalue weighted by atomic mass is 35.5. The van der Waals surface area contributed by atoms with Crippen molar-refractivity contribution in [2.24, 2.45) is 0 Å². The molecule has 0 spiro atoms. The number of esters is 1. The van der Waals surface area contributed by atoms with Gasteiger partial charge in [-0.1, -0.05) is 104 Å². The van der Waals surface area contributed by atoms with Crippen LogP contribution in [0, 0.1) is 9.81 Å². The van der Waals surface area contributed by atoms with Crippen molar-refractivity contribution in [2.45, 2.75) is 27.9 Å². The first-order chi connectivity index (χ1) is 33.1. The van der Waals surface area contributed by atoms with E-state index in [2.05, 4.69) is 10.3 Å². The molecule has 0 saturated carbocycles. The Hall–Kier alpha value is -5.16. The summed E-state index contributed by atoms with van der Waals surface area (Å²) in [5, 5.41) is 21.9. The number of rotatable bonds is 15. The average molecular weight is 1160 g/mol. The van der Waals surface area contributed by atoms with E-state index >= 15 is 0 Å². The van der Waals surface area contributed by atoms with Crippen molar-refractivity contribution in [3.63, 3.8) is 0 Å². The van der Waals surface area contributed by atoms with E-state index < -0.39 is 43.2 Å². The summed E-state index contributed by atoms with van der Waals surface area (Å²) >= 11 is 37.1. The quantitative estimate of drug-likeness (QED) is 0.115. The summed E-state index contributed by atoms with van der Waals surface area (Å²) < 4.78 is 82.0. The summed E-state index contributed by atoms with van der Waals surface area (Å²) in [5.41, 5.74) is -3.46. The number of carbonyl (C=O) groups excluding carboxylic acids is 1. The lowest BCUT2D eigenvalue weighted by atomic mass is 9.89. The van der Waals surface area contributed by atoms with E-state index in [9.17, 15) is 41.3 Å². The highest BCUT2D eigenvalue weighted by Crippen LogP contribution is 2.48. The molecule has 384 valence electrons. The SMILES string of the molecule is CCOC(=O)c1c(-c2c(Cl)cc(Cl)cc2Cl)noc1C1(OC)CN(S(=O)(=O)c2ccccc2[NH+]=O)C1.COC1(c2onc(-c3c(Cl)cc(Cl)cc3Cl)c2C(=O)O)CN(S(=O)(=O)c2ccccc2[NH+]=O)C1.O.O. The number of carboxylic acid groups (broad SMARTS) is 1. The molecule has 2 aliphatic heterocycles. The third kappa shape index (κ3) is 10.3. The number of aromatic carboxylic acids is 1. The summed E-state index contributed by atoms with van der Waals surface area (Å²) in [6.07, 6.45) is 0. The topological polar surface area (TPSA) is 334 Å². The summed E-state index contributed by atoms with van der Waals surface area (Å²) in [6, 6.07) is 16.9. The van der Waals surface area contributed by atoms with Crippen molar-refractivity contribution in [1.82, 2.24) is 18.9 Å². The third-order valence-electron chi connectivity index (χ3n) is 11.1. The number of halogens is 6. The first-order valence-corrected chi connectivity index (χ1v) is 25.1. The molecule has 4 aromatic carbocycles. The molecule has 7 N–H and O–H groups in total. The second kappa shape index (κ2) is 22.5. The van der Waals surface area contributed by atoms with E-state index in [1.807, 2.05) is 0 Å². The number of carboxylic acids is 1. The third-order valence-corrected chi connectivity index (χ3v) is 16.5. The molecule has 2 fully saturated rings. The van der Waals surface area contributed by atoms with Crippen LogP contribution in [0.15, 0.2) is 91.6 Å². The molecule has 30 heteroatoms. The van der Waals surface area contributed by atoms with E-state index in [0.717, 1.165) is 8.61 Å². The van der Waals surface area contributed by atoms with Crippen molar-refractivity contribution in [3.8, 4) is 22.5 Å². The normalized spacial score (nSPS) is 15.1. The summed E-state index contributed by atoms with van der Waals surface area (Å²) in [6.45, 7) is 0.610. The van der Waals surface area contributed by atoms with Crippen LogP contribution in [0.5, 0.6) is 0 Å². The molecule has 4 heterocycles. The van der Waals surface area contributed by atoms with Gasteiger partial charge in [0, 0.05) is 67.7 Å². The number of aromatic nitrogens is 2. The molecule has 0 unspecified atom stereocenters. The van der Waals surface area contributed by atoms with Crippen molar-refractivity contribution >= 4 is 113 Å². The summed E-state index contributed by atoms with van der Waals surface area (Å²) in [4.78, 5) is 47.3. The van der Waals surface area contributed by atoms with Gasteiger partial charge in [0.1, 0.15) is 22.5 Å². The number of hydrogen-bond acceptors (Lipinski definition) is 15. The van der Waals surface area contributed by atoms with Gasteiger partial charge in [-0.2, -0.15) is 8.61 Å². The van der Waals surface area contributed by atoms with Gasteiger partial charge in [0.05, 0.1) is 52.9 Å². The molecule has 0 radical (unpaired) electrons. The molecule has 2 aromatic heterocycles. The fourth-order valence-electron chi connectivity index (χ4n) is 7.62. The van der Waals surface area contributed by atoms with Gasteiger partial charge < -0.3 is 39.3 Å². The maximum absolute atomic E-state index is 13.2. The number of ether oxygens (including phenoxy) is 3. The Kier molecular flexibility index (Phi) is 18.1. The maximum Gasteiger partial charge on any atom is 0.344 e. The van der Waals surface area contributed by atoms with Gasteiger partial charge in [-0.25, -0.2) is 26.4 Å². The van der Waals surface area contributed by atoms with E-state index in [1.54, 1.807) is 17.3 Å². The van der Waals surface area contributed by atoms with Crippen LogP contribution in [0.25, 0.3) is 22.5 Å². The Bertz CT molecular complexity index is 3260. The first kappa shape index (κ1) is 57.7. The predicted molar refractivity (Wildman–Crippen MR) is 260 cm³/mol. The van der Waals surface area contributed by atoms with Crippen LogP contribution >= 0.6 is 69.6 Å². The van der Waals surface area contributed by atoms with Crippen LogP contribution < -0.4 is 10.4 Å². The Morgan fingerprint density at radius 3 is 1.33 bits per heavy atom. The number of nitrogens with zero attached hydrogens (tertiary/aromatic N) is 4. The molecule has 0 bridgehead atoms. The molecule has 2 aliphatic rings. The second-order valence-electron chi connectivity index (χ2n) is 15.1. The minimum absolute atomic E-state index is 0. The number of nitroso groups, excluding NO2 is 2. The molecule has 72 heavy (non-hydrogen) atoms. The zero-order chi connectivity index (χ0) is 51.1. The molecule has 6 aromatic rings. The molecule has 8 rings (SSSR count). The van der Waals surface area contributed by atoms with Crippen LogP contribution in [-0.2, 0) is 45.5 Å². The molecule has 0 atom stereocenters. The van der Waals surface area contributed by atoms with Gasteiger partial charge in [-0.05, 0) is 43.3 Å². The Morgan fingerprint density at radius 1 is 0.653 bits per heavy atom. The first-order valence-electron chi connectivity index (χ1n) is 19.9. The minimum atomic E-state index is -4.11. The van der Waals surface area contributed by atoms with Gasteiger partial charge in [0.25, 0.3) is 11.4 Å². The Labute approximate surface area is 438 Å². The van der Waals surface area contributed by atoms with E-state index in [1.165, 1.54) is 87.0 Å². The standard InChI is InChI=1S/C22H18Cl3N3O7S.C20H14Cl3N3O7S.2H2O/c1-3-34-21(29)18-19(17-13(24)8-12(23)9-14(17)25)27-35-20(18)22(33-2)10-28(11-22)36(31,32)16-7-5-4-6-15(16)26-30;1-32-20(8-26(9-20)34(30,31)14-5-3-2-4-13(14)24-29)18-16(19(27)28)17(25-33-18)15-11(22)6-10(21)7-12(15)23;;/h4-9H,3,10-11H2,1-2H3;2-7H,8-9H2,1H3,(H,27,28);2*1H2/p+2. The molecule has 2 saturated heterocycles. The largest absolute Gasteiger partial charge is 0.477 e. The zero-order valence-electron chi connectivity index (χ0n) is 37.1. The number of benzene rings is 4. The molecular weight excluding hydrogens is 1120 g/mol. The molecule has 0 amide bonds. The fourth-order valence-corrected chi connectivity index (χ4v) is 13.0. The van der Waals surface area contributed by atoms with Gasteiger partial charge in [-0.15, -0.1) is 0 Å².